The van der Waals surface area contributed by atoms with Gasteiger partial charge in [-0.15, -0.1) is 0 Å². The van der Waals surface area contributed by atoms with E-state index in [-0.39, 0.29) is 10.8 Å². The van der Waals surface area contributed by atoms with Gasteiger partial charge in [0.05, 0.1) is 0 Å². The first-order valence-corrected chi connectivity index (χ1v) is 6.93. The van der Waals surface area contributed by atoms with Crippen molar-refractivity contribution < 1.29 is 4.79 Å². The number of rotatable bonds is 1. The van der Waals surface area contributed by atoms with Crippen molar-refractivity contribution in [1.82, 2.24) is 0 Å². The highest BCUT2D eigenvalue weighted by molar-refractivity contribution is 5.92. The molecule has 1 heteroatoms. The minimum Gasteiger partial charge on any atom is -0.298 e. The average molecular weight is 220 g/mol. The van der Waals surface area contributed by atoms with Gasteiger partial charge >= 0.3 is 0 Å². The molecule has 0 aromatic heterocycles. The molecule has 0 heterocycles. The second-order valence-electron chi connectivity index (χ2n) is 7.43. The Balaban J connectivity index is 2.05. The van der Waals surface area contributed by atoms with Gasteiger partial charge in [0.25, 0.3) is 0 Å². The molecule has 4 aliphatic carbocycles. The monoisotopic (exact) mass is 220 g/mol. The van der Waals surface area contributed by atoms with Crippen molar-refractivity contribution in [2.75, 3.05) is 0 Å². The number of carbonyl (C=O) groups excluding carboxylic acids is 1. The molecule has 4 fully saturated rings. The summed E-state index contributed by atoms with van der Waals surface area (Å²) < 4.78 is 0. The van der Waals surface area contributed by atoms with Gasteiger partial charge < -0.3 is 0 Å². The molecule has 0 saturated heterocycles. The third-order valence-corrected chi connectivity index (χ3v) is 6.16. The molecule has 0 aromatic rings. The van der Waals surface area contributed by atoms with Gasteiger partial charge in [0.15, 0.2) is 0 Å². The van der Waals surface area contributed by atoms with Crippen LogP contribution in [0.25, 0.3) is 0 Å². The maximum absolute atomic E-state index is 12.7. The van der Waals surface area contributed by atoms with E-state index in [1.807, 2.05) is 0 Å². The van der Waals surface area contributed by atoms with Gasteiger partial charge in [-0.2, -0.15) is 0 Å². The second-order valence-corrected chi connectivity index (χ2v) is 7.43. The van der Waals surface area contributed by atoms with Crippen molar-refractivity contribution in [2.24, 2.45) is 34.5 Å². The van der Waals surface area contributed by atoms with Crippen LogP contribution in [0.5, 0.6) is 0 Å². The minimum absolute atomic E-state index is 0.0395. The number of carbonyl (C=O) groups is 1. The Kier molecular flexibility index (Phi) is 1.97. The van der Waals surface area contributed by atoms with Gasteiger partial charge in [0.1, 0.15) is 5.78 Å². The van der Waals surface area contributed by atoms with Crippen LogP contribution < -0.4 is 0 Å². The second kappa shape index (κ2) is 2.91. The van der Waals surface area contributed by atoms with E-state index >= 15 is 0 Å². The molecule has 0 spiro atoms. The first-order chi connectivity index (χ1) is 7.38. The summed E-state index contributed by atoms with van der Waals surface area (Å²) in [6.07, 6.45) is 4.84. The number of ketones is 1. The molecule has 4 saturated carbocycles. The summed E-state index contributed by atoms with van der Waals surface area (Å²) in [4.78, 5) is 12.7. The van der Waals surface area contributed by atoms with Crippen LogP contribution in [-0.2, 0) is 4.79 Å². The van der Waals surface area contributed by atoms with E-state index in [2.05, 4.69) is 27.7 Å². The molecule has 0 N–H and O–H groups in total. The van der Waals surface area contributed by atoms with Gasteiger partial charge in [-0.25, -0.2) is 0 Å². The first-order valence-electron chi connectivity index (χ1n) is 6.93. The lowest BCUT2D eigenvalue weighted by molar-refractivity contribution is -0.154. The Morgan fingerprint density at radius 2 is 1.94 bits per heavy atom. The zero-order valence-corrected chi connectivity index (χ0v) is 11.0. The molecule has 0 unspecified atom stereocenters. The summed E-state index contributed by atoms with van der Waals surface area (Å²) in [5, 5.41) is 0. The van der Waals surface area contributed by atoms with Crippen molar-refractivity contribution in [3.05, 3.63) is 0 Å². The SMILES string of the molecule is CC(C)[C@@H]1C[C@]2(C)C(=O)[C@@]3(C)CC[C@H]2[C@@H]1C3. The summed E-state index contributed by atoms with van der Waals surface area (Å²) in [7, 11) is 0. The quantitative estimate of drug-likeness (QED) is 0.659. The van der Waals surface area contributed by atoms with Crippen LogP contribution in [0.3, 0.4) is 0 Å². The van der Waals surface area contributed by atoms with Crippen LogP contribution in [0.2, 0.25) is 0 Å². The van der Waals surface area contributed by atoms with E-state index in [1.165, 1.54) is 19.3 Å². The van der Waals surface area contributed by atoms with Crippen molar-refractivity contribution >= 4 is 5.78 Å². The Labute approximate surface area is 99.0 Å². The number of Topliss-reactive ketones (excluding diaryl/α,β-unsaturated/α-hetero) is 1. The van der Waals surface area contributed by atoms with E-state index < -0.39 is 0 Å². The normalized spacial score (nSPS) is 55.1. The maximum atomic E-state index is 12.7. The molecule has 0 radical (unpaired) electrons. The Morgan fingerprint density at radius 1 is 1.25 bits per heavy atom. The van der Waals surface area contributed by atoms with Crippen LogP contribution in [0.1, 0.15) is 53.4 Å². The van der Waals surface area contributed by atoms with Crippen LogP contribution in [0, 0.1) is 34.5 Å². The summed E-state index contributed by atoms with van der Waals surface area (Å²) in [5.41, 5.74) is 0.0860. The molecule has 0 amide bonds. The molecule has 0 aliphatic heterocycles. The fraction of sp³-hybridized carbons (Fsp3) is 0.933. The molecule has 0 aromatic carbocycles. The van der Waals surface area contributed by atoms with Crippen molar-refractivity contribution in [3.63, 3.8) is 0 Å². The number of fused-ring (bicyclic) bond motifs is 1. The van der Waals surface area contributed by atoms with Crippen LogP contribution in [0.15, 0.2) is 0 Å². The van der Waals surface area contributed by atoms with E-state index in [0.29, 0.717) is 11.7 Å². The zero-order valence-electron chi connectivity index (χ0n) is 11.0. The Hall–Kier alpha value is -0.330. The molecule has 1 nitrogen and oxygen atoms in total. The largest absolute Gasteiger partial charge is 0.298 e. The summed E-state index contributed by atoms with van der Waals surface area (Å²) >= 11 is 0. The maximum Gasteiger partial charge on any atom is 0.144 e. The van der Waals surface area contributed by atoms with E-state index in [4.69, 9.17) is 0 Å². The highest BCUT2D eigenvalue weighted by atomic mass is 16.1. The predicted octanol–water partition coefficient (Wildman–Crippen LogP) is 3.67. The lowest BCUT2D eigenvalue weighted by Gasteiger charge is -2.53. The molecule has 16 heavy (non-hydrogen) atoms. The molecular weight excluding hydrogens is 196 g/mol. The van der Waals surface area contributed by atoms with Gasteiger partial charge in [0.2, 0.25) is 0 Å². The van der Waals surface area contributed by atoms with Crippen LogP contribution in [0.4, 0.5) is 0 Å². The molecule has 5 atom stereocenters. The molecule has 4 rings (SSSR count). The third-order valence-electron chi connectivity index (χ3n) is 6.16. The standard InChI is InChI=1S/C15H24O/c1-9(2)10-8-15(4)12-5-6-14(3,13(15)16)7-11(10)12/h9-12H,5-8H2,1-4H3/t10-,11+,12-,14-,15-/m0/s1. The molecule has 90 valence electrons. The van der Waals surface area contributed by atoms with E-state index in [1.54, 1.807) is 0 Å². The van der Waals surface area contributed by atoms with Crippen LogP contribution >= 0.6 is 0 Å². The van der Waals surface area contributed by atoms with Crippen molar-refractivity contribution in [3.8, 4) is 0 Å². The fourth-order valence-electron chi connectivity index (χ4n) is 5.37. The van der Waals surface area contributed by atoms with Gasteiger partial charge in [0, 0.05) is 10.8 Å². The number of hydrogen-bond acceptors (Lipinski definition) is 1. The first kappa shape index (κ1) is 10.8. The van der Waals surface area contributed by atoms with Gasteiger partial charge in [-0.05, 0) is 49.4 Å². The van der Waals surface area contributed by atoms with Crippen molar-refractivity contribution in [2.45, 2.75) is 53.4 Å². The molecule has 4 bridgehead atoms. The third kappa shape index (κ3) is 1.05. The van der Waals surface area contributed by atoms with E-state index in [9.17, 15) is 4.79 Å². The summed E-state index contributed by atoms with van der Waals surface area (Å²) in [6, 6.07) is 0. The Morgan fingerprint density at radius 3 is 2.56 bits per heavy atom. The topological polar surface area (TPSA) is 17.1 Å². The van der Waals surface area contributed by atoms with Crippen molar-refractivity contribution in [1.29, 1.82) is 0 Å². The summed E-state index contributed by atoms with van der Waals surface area (Å²) in [5.74, 6) is 3.73. The average Bonchev–Trinajstić information content (AvgIpc) is 2.47. The Bertz CT molecular complexity index is 345. The van der Waals surface area contributed by atoms with Gasteiger partial charge in [-0.1, -0.05) is 27.7 Å². The highest BCUT2D eigenvalue weighted by Gasteiger charge is 2.66. The smallest absolute Gasteiger partial charge is 0.144 e. The molecular formula is C15H24O. The van der Waals surface area contributed by atoms with E-state index in [0.717, 1.165) is 24.2 Å². The van der Waals surface area contributed by atoms with Crippen LogP contribution in [-0.4, -0.2) is 5.78 Å². The highest BCUT2D eigenvalue weighted by Crippen LogP contribution is 2.68. The predicted molar refractivity (Wildman–Crippen MR) is 65.0 cm³/mol. The summed E-state index contributed by atoms with van der Waals surface area (Å²) in [6.45, 7) is 9.19. The minimum atomic E-state index is 0.0395. The lowest BCUT2D eigenvalue weighted by Crippen LogP contribution is -2.53. The number of hydrogen-bond donors (Lipinski definition) is 0. The molecule has 4 aliphatic rings. The zero-order chi connectivity index (χ0) is 11.7. The lowest BCUT2D eigenvalue weighted by atomic mass is 9.50. The fourth-order valence-corrected chi connectivity index (χ4v) is 5.37. The van der Waals surface area contributed by atoms with Gasteiger partial charge in [-0.3, -0.25) is 4.79 Å².